The van der Waals surface area contributed by atoms with Crippen LogP contribution in [0.5, 0.6) is 0 Å². The van der Waals surface area contributed by atoms with Crippen LogP contribution in [0.3, 0.4) is 0 Å². The van der Waals surface area contributed by atoms with Crippen molar-refractivity contribution < 1.29 is 37.6 Å². The summed E-state index contributed by atoms with van der Waals surface area (Å²) in [5.74, 6) is -2.81. The molecule has 4 nitrogen and oxygen atoms in total. The van der Waals surface area contributed by atoms with E-state index in [1.165, 1.54) is 12.1 Å². The molecule has 0 aliphatic rings. The van der Waals surface area contributed by atoms with Crippen LogP contribution in [-0.2, 0) is 0 Å². The number of rotatable bonds is 1. The van der Waals surface area contributed by atoms with Crippen molar-refractivity contribution in [2.45, 2.75) is 0 Å². The minimum atomic E-state index is -1.56. The van der Waals surface area contributed by atoms with E-state index in [-0.39, 0.29) is 30.0 Å². The summed E-state index contributed by atoms with van der Waals surface area (Å²) >= 11 is 0. The topological polar surface area (TPSA) is 66.2 Å². The summed E-state index contributed by atoms with van der Waals surface area (Å²) < 4.78 is 17.5. The van der Waals surface area contributed by atoms with E-state index in [1.807, 2.05) is 0 Å². The molecular weight excluding hydrogens is 184 g/mol. The van der Waals surface area contributed by atoms with Gasteiger partial charge in [-0.1, -0.05) is 6.07 Å². The number of nitrogens with zero attached hydrogens (tertiary/aromatic N) is 1. The molecule has 0 atom stereocenters. The molecule has 0 aliphatic heterocycles. The van der Waals surface area contributed by atoms with Crippen LogP contribution in [0.2, 0.25) is 0 Å². The van der Waals surface area contributed by atoms with Crippen molar-refractivity contribution in [3.63, 3.8) is 0 Å². The van der Waals surface area contributed by atoms with Crippen LogP contribution in [0.1, 0.15) is 10.7 Å². The Kier molecular flexibility index (Phi) is 2.94. The van der Waals surface area contributed by atoms with Crippen molar-refractivity contribution >= 4 is 17.1 Å². The van der Waals surface area contributed by atoms with Crippen molar-refractivity contribution in [1.29, 1.82) is 0 Å². The first-order chi connectivity index (χ1) is 6.18. The summed E-state index contributed by atoms with van der Waals surface area (Å²) in [5.41, 5.74) is 0.000833. The third-order valence-electron chi connectivity index (χ3n) is 1.54. The Labute approximate surface area is 89.9 Å². The summed E-state index contributed by atoms with van der Waals surface area (Å²) in [6.07, 6.45) is 0. The zero-order valence-electron chi connectivity index (χ0n) is 7.28. The van der Waals surface area contributed by atoms with Crippen LogP contribution in [0.4, 0.5) is 4.39 Å². The first kappa shape index (κ1) is 10.8. The maximum absolute atomic E-state index is 12.9. The average Bonchev–Trinajstić information content (AvgIpc) is 2.49. The van der Waals surface area contributed by atoms with Gasteiger partial charge in [0.15, 0.2) is 11.4 Å². The standard InChI is InChI=1S/C8H4FNO3.Li/c9-4-2-1-3-5-6(4)13-7(10-5)8(11)12;/h1-3H,(H,11,12);/q;+1/p-1. The predicted molar refractivity (Wildman–Crippen MR) is 38.3 cm³/mol. The SMILES string of the molecule is O=C([O-])c1nc2cccc(F)c2o1.[Li+]. The molecule has 0 fully saturated rings. The van der Waals surface area contributed by atoms with Gasteiger partial charge in [0, 0.05) is 0 Å². The zero-order chi connectivity index (χ0) is 9.42. The van der Waals surface area contributed by atoms with Crippen LogP contribution in [0.15, 0.2) is 22.6 Å². The van der Waals surface area contributed by atoms with E-state index in [1.54, 1.807) is 0 Å². The maximum Gasteiger partial charge on any atom is 1.00 e. The van der Waals surface area contributed by atoms with Crippen LogP contribution in [-0.4, -0.2) is 11.0 Å². The quantitative estimate of drug-likeness (QED) is 0.457. The number of aromatic nitrogens is 1. The van der Waals surface area contributed by atoms with Gasteiger partial charge >= 0.3 is 18.9 Å². The second kappa shape index (κ2) is 3.82. The van der Waals surface area contributed by atoms with Crippen molar-refractivity contribution in [2.75, 3.05) is 0 Å². The predicted octanol–water partition coefficient (Wildman–Crippen LogP) is -2.67. The van der Waals surface area contributed by atoms with Gasteiger partial charge in [-0.2, -0.15) is 0 Å². The monoisotopic (exact) mass is 187 g/mol. The number of fused-ring (bicyclic) bond motifs is 1. The van der Waals surface area contributed by atoms with Crippen LogP contribution in [0, 0.1) is 5.82 Å². The Morgan fingerprint density at radius 2 is 2.21 bits per heavy atom. The number of carboxylic acid groups (broad SMARTS) is 1. The fourth-order valence-electron chi connectivity index (χ4n) is 1.00. The molecule has 66 valence electrons. The van der Waals surface area contributed by atoms with Crippen molar-refractivity contribution in [3.8, 4) is 0 Å². The summed E-state index contributed by atoms with van der Waals surface area (Å²) in [7, 11) is 0. The summed E-state index contributed by atoms with van der Waals surface area (Å²) in [5, 5.41) is 10.3. The van der Waals surface area contributed by atoms with Gasteiger partial charge in [-0.15, -0.1) is 0 Å². The number of oxazole rings is 1. The summed E-state index contributed by atoms with van der Waals surface area (Å²) in [6, 6.07) is 4.03. The van der Waals surface area contributed by atoms with E-state index in [4.69, 9.17) is 0 Å². The number of carboxylic acids is 1. The third-order valence-corrected chi connectivity index (χ3v) is 1.54. The molecule has 6 heteroatoms. The number of para-hydroxylation sites is 1. The van der Waals surface area contributed by atoms with Crippen LogP contribution >= 0.6 is 0 Å². The van der Waals surface area contributed by atoms with Gasteiger partial charge in [-0.05, 0) is 12.1 Å². The Bertz CT molecular complexity index is 482. The van der Waals surface area contributed by atoms with Gasteiger partial charge < -0.3 is 14.3 Å². The van der Waals surface area contributed by atoms with E-state index < -0.39 is 17.7 Å². The molecule has 1 aromatic carbocycles. The maximum atomic E-state index is 12.9. The van der Waals surface area contributed by atoms with Crippen molar-refractivity contribution in [3.05, 3.63) is 29.9 Å². The number of carbonyl (C=O) groups is 1. The molecular formula is C8H3FLiNO3. The van der Waals surface area contributed by atoms with Gasteiger partial charge in [-0.25, -0.2) is 9.37 Å². The van der Waals surface area contributed by atoms with Crippen molar-refractivity contribution in [1.82, 2.24) is 4.98 Å². The first-order valence-corrected chi connectivity index (χ1v) is 3.45. The Morgan fingerprint density at radius 3 is 2.79 bits per heavy atom. The second-order valence-corrected chi connectivity index (χ2v) is 2.39. The number of halogens is 1. The second-order valence-electron chi connectivity index (χ2n) is 2.39. The van der Waals surface area contributed by atoms with Crippen molar-refractivity contribution in [2.24, 2.45) is 0 Å². The molecule has 0 N–H and O–H groups in total. The van der Waals surface area contributed by atoms with Gasteiger partial charge in [0.25, 0.3) is 0 Å². The largest absolute Gasteiger partial charge is 1.00 e. The normalized spacial score (nSPS) is 9.79. The Morgan fingerprint density at radius 1 is 1.50 bits per heavy atom. The molecule has 0 amide bonds. The number of hydrogen-bond acceptors (Lipinski definition) is 4. The molecule has 0 bridgehead atoms. The number of aromatic carboxylic acids is 1. The smallest absolute Gasteiger partial charge is 0.540 e. The Hall–Kier alpha value is -1.31. The number of benzene rings is 1. The van der Waals surface area contributed by atoms with E-state index in [9.17, 15) is 14.3 Å². The number of hydrogen-bond donors (Lipinski definition) is 0. The Balaban J connectivity index is 0.000000980. The minimum absolute atomic E-state index is 0. The van der Waals surface area contributed by atoms with Gasteiger partial charge in [0.1, 0.15) is 11.5 Å². The van der Waals surface area contributed by atoms with Gasteiger partial charge in [0.2, 0.25) is 5.89 Å². The van der Waals surface area contributed by atoms with E-state index >= 15 is 0 Å². The van der Waals surface area contributed by atoms with Gasteiger partial charge in [-0.3, -0.25) is 0 Å². The average molecular weight is 187 g/mol. The molecule has 0 unspecified atom stereocenters. The fourth-order valence-corrected chi connectivity index (χ4v) is 1.00. The molecule has 1 heterocycles. The first-order valence-electron chi connectivity index (χ1n) is 3.45. The summed E-state index contributed by atoms with van der Waals surface area (Å²) in [4.78, 5) is 13.8. The van der Waals surface area contributed by atoms with Crippen LogP contribution < -0.4 is 24.0 Å². The summed E-state index contributed by atoms with van der Waals surface area (Å²) in [6.45, 7) is 0. The number of carbonyl (C=O) groups excluding carboxylic acids is 1. The van der Waals surface area contributed by atoms with Gasteiger partial charge in [0.05, 0.1) is 0 Å². The molecule has 0 saturated carbocycles. The van der Waals surface area contributed by atoms with E-state index in [0.717, 1.165) is 6.07 Å². The molecule has 2 rings (SSSR count). The fraction of sp³-hybridized carbons (Fsp3) is 0. The molecule has 0 saturated heterocycles. The molecule has 0 spiro atoms. The molecule has 0 radical (unpaired) electrons. The van der Waals surface area contributed by atoms with E-state index in [2.05, 4.69) is 9.40 Å². The molecule has 2 aromatic rings. The third kappa shape index (κ3) is 1.65. The zero-order valence-corrected chi connectivity index (χ0v) is 7.28. The minimum Gasteiger partial charge on any atom is -0.540 e. The van der Waals surface area contributed by atoms with E-state index in [0.29, 0.717) is 0 Å². The molecule has 0 aliphatic carbocycles. The van der Waals surface area contributed by atoms with Crippen LogP contribution in [0.25, 0.3) is 11.1 Å². The molecule has 1 aromatic heterocycles. The molecule has 14 heavy (non-hydrogen) atoms.